The fourth-order valence-corrected chi connectivity index (χ4v) is 9.75. The molecule has 0 bridgehead atoms. The van der Waals surface area contributed by atoms with Crippen LogP contribution in [0.4, 0.5) is 17.1 Å². The van der Waals surface area contributed by atoms with Gasteiger partial charge in [-0.3, -0.25) is 0 Å². The smallest absolute Gasteiger partial charge is 0.0540 e. The minimum absolute atomic E-state index is 0.0545. The molecule has 0 fully saturated rings. The molecule has 0 N–H and O–H groups in total. The van der Waals surface area contributed by atoms with E-state index >= 15 is 0 Å². The molecule has 0 amide bonds. The monoisotopic (exact) mass is 791 g/mol. The Balaban J connectivity index is 1.02. The molecule has 11 rings (SSSR count). The van der Waals surface area contributed by atoms with Gasteiger partial charge in [0.05, 0.1) is 5.69 Å². The summed E-state index contributed by atoms with van der Waals surface area (Å²) in [6.45, 7) is 4.70. The second-order valence-corrected chi connectivity index (χ2v) is 16.9. The van der Waals surface area contributed by atoms with Crippen LogP contribution < -0.4 is 4.90 Å². The van der Waals surface area contributed by atoms with E-state index in [-0.39, 0.29) is 5.41 Å². The predicted octanol–water partition coefficient (Wildman–Crippen LogP) is 17.0. The van der Waals surface area contributed by atoms with Gasteiger partial charge in [-0.25, -0.2) is 0 Å². The molecule has 10 aromatic carbocycles. The SMILES string of the molecule is CC1(C)c2ccccc2-c2ccc(-c3ccc(N(c4ccc(-c5ccccc5-c5ccccc5)cc4)c4ccccc4-c4cccc(-c5cccc6ccccc56)c4)cc3)cc21. The van der Waals surface area contributed by atoms with Gasteiger partial charge in [0.1, 0.15) is 0 Å². The number of anilines is 3. The molecular formula is C61H45N. The van der Waals surface area contributed by atoms with E-state index < -0.39 is 0 Å². The van der Waals surface area contributed by atoms with Crippen molar-refractivity contribution in [2.45, 2.75) is 19.3 Å². The van der Waals surface area contributed by atoms with Crippen LogP contribution in [0.5, 0.6) is 0 Å². The lowest BCUT2D eigenvalue weighted by atomic mass is 9.81. The van der Waals surface area contributed by atoms with Gasteiger partial charge >= 0.3 is 0 Å². The minimum atomic E-state index is -0.0545. The number of hydrogen-bond acceptors (Lipinski definition) is 1. The first-order valence-electron chi connectivity index (χ1n) is 21.6. The van der Waals surface area contributed by atoms with E-state index in [9.17, 15) is 0 Å². The summed E-state index contributed by atoms with van der Waals surface area (Å²) < 4.78 is 0. The molecule has 0 saturated heterocycles. The zero-order valence-electron chi connectivity index (χ0n) is 35.0. The standard InChI is InChI=1S/C61H45N/c1-61(2)58-28-12-10-26-56(58)57-39-34-46(41-59(57)61)42-30-35-49(36-31-42)62(50-37-32-45(33-38-50)53-24-9-8-23-51(53)43-16-4-3-5-17-43)60-29-13-11-25-55(60)48-21-14-20-47(40-48)54-27-15-19-44-18-6-7-22-52(44)54/h3-41H,1-2H3. The highest BCUT2D eigenvalue weighted by atomic mass is 15.1. The summed E-state index contributed by atoms with van der Waals surface area (Å²) in [5.74, 6) is 0. The number of hydrogen-bond donors (Lipinski definition) is 0. The summed E-state index contributed by atoms with van der Waals surface area (Å²) in [7, 11) is 0. The van der Waals surface area contributed by atoms with Crippen LogP contribution in [0.3, 0.4) is 0 Å². The highest BCUT2D eigenvalue weighted by molar-refractivity contribution is 5.98. The first-order valence-corrected chi connectivity index (χ1v) is 21.6. The average molecular weight is 792 g/mol. The Hall–Kier alpha value is -7.74. The highest BCUT2D eigenvalue weighted by Crippen LogP contribution is 2.50. The summed E-state index contributed by atoms with van der Waals surface area (Å²) in [6, 6.07) is 86.5. The Morgan fingerprint density at radius 2 is 0.774 bits per heavy atom. The number of fused-ring (bicyclic) bond motifs is 4. The largest absolute Gasteiger partial charge is 0.310 e. The summed E-state index contributed by atoms with van der Waals surface area (Å²) in [5, 5.41) is 2.50. The van der Waals surface area contributed by atoms with Gasteiger partial charge in [-0.05, 0) is 126 Å². The van der Waals surface area contributed by atoms with Crippen molar-refractivity contribution in [2.75, 3.05) is 4.90 Å². The van der Waals surface area contributed by atoms with E-state index in [4.69, 9.17) is 0 Å². The zero-order chi connectivity index (χ0) is 41.6. The van der Waals surface area contributed by atoms with Crippen LogP contribution in [0.1, 0.15) is 25.0 Å². The molecular weight excluding hydrogens is 747 g/mol. The van der Waals surface area contributed by atoms with Crippen LogP contribution in [0.25, 0.3) is 77.5 Å². The molecule has 0 atom stereocenters. The molecule has 0 aliphatic heterocycles. The third-order valence-electron chi connectivity index (χ3n) is 12.9. The van der Waals surface area contributed by atoms with Crippen LogP contribution in [-0.2, 0) is 5.41 Å². The molecule has 0 radical (unpaired) electrons. The van der Waals surface area contributed by atoms with E-state index in [1.54, 1.807) is 0 Å². The molecule has 1 nitrogen and oxygen atoms in total. The van der Waals surface area contributed by atoms with Gasteiger partial charge in [0.2, 0.25) is 0 Å². The van der Waals surface area contributed by atoms with Crippen LogP contribution >= 0.6 is 0 Å². The maximum absolute atomic E-state index is 2.42. The fraction of sp³-hybridized carbons (Fsp3) is 0.0492. The third kappa shape index (κ3) is 6.51. The maximum Gasteiger partial charge on any atom is 0.0540 e. The lowest BCUT2D eigenvalue weighted by Gasteiger charge is -2.28. The topological polar surface area (TPSA) is 3.24 Å². The second-order valence-electron chi connectivity index (χ2n) is 16.9. The number of benzene rings is 10. The molecule has 0 spiro atoms. The molecule has 294 valence electrons. The van der Waals surface area contributed by atoms with Gasteiger partial charge in [0.15, 0.2) is 0 Å². The Morgan fingerprint density at radius 3 is 1.52 bits per heavy atom. The molecule has 0 heterocycles. The van der Waals surface area contributed by atoms with Crippen molar-refractivity contribution < 1.29 is 0 Å². The van der Waals surface area contributed by atoms with Crippen molar-refractivity contribution in [1.29, 1.82) is 0 Å². The number of nitrogens with zero attached hydrogens (tertiary/aromatic N) is 1. The van der Waals surface area contributed by atoms with Crippen LogP contribution in [0, 0.1) is 0 Å². The van der Waals surface area contributed by atoms with Gasteiger partial charge in [-0.1, -0.05) is 208 Å². The first-order chi connectivity index (χ1) is 30.5. The van der Waals surface area contributed by atoms with Crippen LogP contribution in [0.15, 0.2) is 237 Å². The highest BCUT2D eigenvalue weighted by Gasteiger charge is 2.35. The molecule has 0 unspecified atom stereocenters. The Kier molecular flexibility index (Phi) is 9.24. The van der Waals surface area contributed by atoms with Crippen molar-refractivity contribution in [3.63, 3.8) is 0 Å². The van der Waals surface area contributed by atoms with Crippen molar-refractivity contribution in [3.8, 4) is 66.8 Å². The molecule has 62 heavy (non-hydrogen) atoms. The molecule has 1 heteroatoms. The molecule has 1 aliphatic carbocycles. The molecule has 0 aromatic heterocycles. The van der Waals surface area contributed by atoms with E-state index in [1.165, 1.54) is 83.1 Å². The van der Waals surface area contributed by atoms with Crippen molar-refractivity contribution >= 4 is 27.8 Å². The van der Waals surface area contributed by atoms with Crippen molar-refractivity contribution in [3.05, 3.63) is 248 Å². The lowest BCUT2D eigenvalue weighted by Crippen LogP contribution is -2.14. The quantitative estimate of drug-likeness (QED) is 0.148. The normalized spacial score (nSPS) is 12.5. The number of rotatable bonds is 8. The van der Waals surface area contributed by atoms with Gasteiger partial charge < -0.3 is 4.90 Å². The van der Waals surface area contributed by atoms with Gasteiger partial charge in [0.25, 0.3) is 0 Å². The summed E-state index contributed by atoms with van der Waals surface area (Å²) in [6.07, 6.45) is 0. The van der Waals surface area contributed by atoms with E-state index in [2.05, 4.69) is 255 Å². The number of para-hydroxylation sites is 1. The first kappa shape index (κ1) is 37.3. The van der Waals surface area contributed by atoms with Crippen molar-refractivity contribution in [2.24, 2.45) is 0 Å². The van der Waals surface area contributed by atoms with Crippen LogP contribution in [0.2, 0.25) is 0 Å². The molecule has 1 aliphatic rings. The van der Waals surface area contributed by atoms with E-state index in [0.717, 1.165) is 22.6 Å². The van der Waals surface area contributed by atoms with Gasteiger partial charge in [-0.15, -0.1) is 0 Å². The third-order valence-corrected chi connectivity index (χ3v) is 12.9. The van der Waals surface area contributed by atoms with Gasteiger partial charge in [-0.2, -0.15) is 0 Å². The van der Waals surface area contributed by atoms with E-state index in [0.29, 0.717) is 0 Å². The maximum atomic E-state index is 2.42. The Bertz CT molecular complexity index is 3240. The zero-order valence-corrected chi connectivity index (χ0v) is 35.0. The fourth-order valence-electron chi connectivity index (χ4n) is 9.75. The Labute approximate surface area is 364 Å². The van der Waals surface area contributed by atoms with Gasteiger partial charge in [0, 0.05) is 22.4 Å². The molecule has 10 aromatic rings. The minimum Gasteiger partial charge on any atom is -0.310 e. The summed E-state index contributed by atoms with van der Waals surface area (Å²) in [5.41, 5.74) is 20.8. The lowest BCUT2D eigenvalue weighted by molar-refractivity contribution is 0.660. The van der Waals surface area contributed by atoms with Crippen molar-refractivity contribution in [1.82, 2.24) is 0 Å². The predicted molar refractivity (Wildman–Crippen MR) is 263 cm³/mol. The molecule has 0 saturated carbocycles. The van der Waals surface area contributed by atoms with E-state index in [1.807, 2.05) is 0 Å². The summed E-state index contributed by atoms with van der Waals surface area (Å²) in [4.78, 5) is 2.42. The average Bonchev–Trinajstić information content (AvgIpc) is 3.57. The summed E-state index contributed by atoms with van der Waals surface area (Å²) >= 11 is 0. The Morgan fingerprint density at radius 1 is 0.290 bits per heavy atom. The second kappa shape index (κ2) is 15.4. The van der Waals surface area contributed by atoms with Crippen LogP contribution in [-0.4, -0.2) is 0 Å².